The third kappa shape index (κ3) is 4.79. The summed E-state index contributed by atoms with van der Waals surface area (Å²) in [5, 5.41) is 0.568. The zero-order valence-corrected chi connectivity index (χ0v) is 17.5. The molecule has 1 aliphatic rings. The predicted molar refractivity (Wildman–Crippen MR) is 118 cm³/mol. The Hall–Kier alpha value is -2.20. The van der Waals surface area contributed by atoms with Crippen molar-refractivity contribution in [1.82, 2.24) is 4.90 Å². The second-order valence-electron chi connectivity index (χ2n) is 7.74. The first-order valence-corrected chi connectivity index (χ1v) is 10.5. The fourth-order valence-corrected chi connectivity index (χ4v) is 4.15. The van der Waals surface area contributed by atoms with Crippen LogP contribution in [0.25, 0.3) is 0 Å². The van der Waals surface area contributed by atoms with E-state index in [1.54, 1.807) is 0 Å². The number of likely N-dealkylation sites (tertiary alicyclic amines) is 1. The monoisotopic (exact) mass is 399 g/mol. The minimum absolute atomic E-state index is 0.0947. The Kier molecular flexibility index (Phi) is 6.84. The number of carbonyl (C=O) groups excluding carboxylic acids is 1. The van der Waals surface area contributed by atoms with Gasteiger partial charge in [0.2, 0.25) is 5.91 Å². The van der Waals surface area contributed by atoms with Crippen molar-refractivity contribution >= 4 is 28.9 Å². The Balaban J connectivity index is 1.81. The standard InChI is InChI=1S/C23H30ClN3O/c1-3-7-17(2)23(28)26-13-12-20(16-26)27(15-18-8-5-4-6-9-18)19-10-11-22(25)21(24)14-19/h4-6,8-11,14,17,20H,3,7,12-13,15-16,25H2,1-2H3/t17?,20-/m0/s1. The molecule has 2 atom stereocenters. The molecule has 2 N–H and O–H groups in total. The first-order chi connectivity index (χ1) is 13.5. The molecule has 1 unspecified atom stereocenters. The van der Waals surface area contributed by atoms with Crippen LogP contribution in [0.15, 0.2) is 48.5 Å². The van der Waals surface area contributed by atoms with E-state index in [9.17, 15) is 4.79 Å². The van der Waals surface area contributed by atoms with Gasteiger partial charge >= 0.3 is 0 Å². The molecule has 2 aromatic rings. The molecule has 5 heteroatoms. The molecule has 28 heavy (non-hydrogen) atoms. The minimum atomic E-state index is 0.0947. The molecule has 0 saturated carbocycles. The van der Waals surface area contributed by atoms with E-state index in [2.05, 4.69) is 36.1 Å². The van der Waals surface area contributed by atoms with Gasteiger partial charge in [0, 0.05) is 37.3 Å². The average Bonchev–Trinajstić information content (AvgIpc) is 3.18. The zero-order valence-electron chi connectivity index (χ0n) is 16.8. The van der Waals surface area contributed by atoms with Crippen molar-refractivity contribution in [3.63, 3.8) is 0 Å². The van der Waals surface area contributed by atoms with Crippen LogP contribution in [0.3, 0.4) is 0 Å². The molecular weight excluding hydrogens is 370 g/mol. The van der Waals surface area contributed by atoms with Gasteiger partial charge in [0.15, 0.2) is 0 Å². The summed E-state index contributed by atoms with van der Waals surface area (Å²) in [6.45, 7) is 6.51. The molecule has 0 aliphatic carbocycles. The van der Waals surface area contributed by atoms with E-state index in [1.807, 2.05) is 36.1 Å². The van der Waals surface area contributed by atoms with E-state index in [1.165, 1.54) is 5.56 Å². The molecule has 0 aromatic heterocycles. The van der Waals surface area contributed by atoms with Crippen LogP contribution in [-0.2, 0) is 11.3 Å². The van der Waals surface area contributed by atoms with Crippen LogP contribution in [-0.4, -0.2) is 29.9 Å². The Bertz CT molecular complexity index is 796. The van der Waals surface area contributed by atoms with Crippen LogP contribution < -0.4 is 10.6 Å². The smallest absolute Gasteiger partial charge is 0.225 e. The topological polar surface area (TPSA) is 49.6 Å². The molecule has 0 radical (unpaired) electrons. The van der Waals surface area contributed by atoms with E-state index < -0.39 is 0 Å². The SMILES string of the molecule is CCCC(C)C(=O)N1CC[C@H](N(Cc2ccccc2)c2ccc(N)c(Cl)c2)C1. The molecule has 0 spiro atoms. The van der Waals surface area contributed by atoms with E-state index in [-0.39, 0.29) is 17.9 Å². The maximum absolute atomic E-state index is 12.8. The molecule has 1 aliphatic heterocycles. The van der Waals surface area contributed by atoms with Crippen LogP contribution in [0, 0.1) is 5.92 Å². The number of rotatable bonds is 7. The van der Waals surface area contributed by atoms with E-state index >= 15 is 0 Å². The summed E-state index contributed by atoms with van der Waals surface area (Å²) in [7, 11) is 0. The van der Waals surface area contributed by atoms with Crippen molar-refractivity contribution in [3.05, 3.63) is 59.1 Å². The lowest BCUT2D eigenvalue weighted by Crippen LogP contribution is -2.40. The van der Waals surface area contributed by atoms with Crippen LogP contribution in [0.1, 0.15) is 38.7 Å². The summed E-state index contributed by atoms with van der Waals surface area (Å²) in [4.78, 5) is 17.2. The van der Waals surface area contributed by atoms with Gasteiger partial charge in [0.25, 0.3) is 0 Å². The highest BCUT2D eigenvalue weighted by Crippen LogP contribution is 2.30. The maximum Gasteiger partial charge on any atom is 0.225 e. The predicted octanol–water partition coefficient (Wildman–Crippen LogP) is 4.97. The highest BCUT2D eigenvalue weighted by Gasteiger charge is 2.32. The van der Waals surface area contributed by atoms with Gasteiger partial charge in [-0.25, -0.2) is 0 Å². The van der Waals surface area contributed by atoms with Gasteiger partial charge in [0.1, 0.15) is 0 Å². The van der Waals surface area contributed by atoms with Crippen molar-refractivity contribution in [2.75, 3.05) is 23.7 Å². The normalized spacial score (nSPS) is 17.5. The second-order valence-corrected chi connectivity index (χ2v) is 8.14. The lowest BCUT2D eigenvalue weighted by molar-refractivity contribution is -0.134. The van der Waals surface area contributed by atoms with Crippen molar-refractivity contribution in [1.29, 1.82) is 0 Å². The number of nitrogens with two attached hydrogens (primary N) is 1. The third-order valence-electron chi connectivity index (χ3n) is 5.57. The van der Waals surface area contributed by atoms with Crippen LogP contribution in [0.4, 0.5) is 11.4 Å². The molecule has 0 bridgehead atoms. The number of carbonyl (C=O) groups is 1. The van der Waals surface area contributed by atoms with Gasteiger partial charge in [0.05, 0.1) is 10.7 Å². The molecular formula is C23H30ClN3O. The van der Waals surface area contributed by atoms with Crippen LogP contribution in [0.2, 0.25) is 5.02 Å². The van der Waals surface area contributed by atoms with Gasteiger partial charge in [-0.1, -0.05) is 62.2 Å². The van der Waals surface area contributed by atoms with Crippen LogP contribution >= 0.6 is 11.6 Å². The minimum Gasteiger partial charge on any atom is -0.398 e. The van der Waals surface area contributed by atoms with Gasteiger partial charge in [-0.05, 0) is 36.6 Å². The van der Waals surface area contributed by atoms with Crippen molar-refractivity contribution in [2.45, 2.75) is 45.7 Å². The lowest BCUT2D eigenvalue weighted by atomic mass is 10.1. The number of benzene rings is 2. The molecule has 2 aromatic carbocycles. The number of amides is 1. The average molecular weight is 400 g/mol. The summed E-state index contributed by atoms with van der Waals surface area (Å²) < 4.78 is 0. The molecule has 150 valence electrons. The Labute approximate surface area is 173 Å². The summed E-state index contributed by atoms with van der Waals surface area (Å²) in [6.07, 6.45) is 2.94. The summed E-state index contributed by atoms with van der Waals surface area (Å²) in [5.74, 6) is 0.372. The largest absolute Gasteiger partial charge is 0.398 e. The van der Waals surface area contributed by atoms with Gasteiger partial charge < -0.3 is 15.5 Å². The second kappa shape index (κ2) is 9.33. The first kappa shape index (κ1) is 20.5. The van der Waals surface area contributed by atoms with E-state index in [0.717, 1.165) is 44.6 Å². The third-order valence-corrected chi connectivity index (χ3v) is 5.90. The number of nitrogens with zero attached hydrogens (tertiary/aromatic N) is 2. The summed E-state index contributed by atoms with van der Waals surface area (Å²) >= 11 is 6.31. The Morgan fingerprint density at radius 1 is 1.29 bits per heavy atom. The fourth-order valence-electron chi connectivity index (χ4n) is 3.97. The van der Waals surface area contributed by atoms with E-state index in [4.69, 9.17) is 17.3 Å². The fraction of sp³-hybridized carbons (Fsp3) is 0.435. The highest BCUT2D eigenvalue weighted by atomic mass is 35.5. The number of hydrogen-bond donors (Lipinski definition) is 1. The highest BCUT2D eigenvalue weighted by molar-refractivity contribution is 6.33. The summed E-state index contributed by atoms with van der Waals surface area (Å²) in [6, 6.07) is 16.5. The van der Waals surface area contributed by atoms with Gasteiger partial charge in [-0.3, -0.25) is 4.79 Å². The van der Waals surface area contributed by atoms with Crippen LogP contribution in [0.5, 0.6) is 0 Å². The molecule has 1 heterocycles. The zero-order chi connectivity index (χ0) is 20.1. The Morgan fingerprint density at radius 2 is 2.04 bits per heavy atom. The van der Waals surface area contributed by atoms with Gasteiger partial charge in [-0.2, -0.15) is 0 Å². The molecule has 1 saturated heterocycles. The quantitative estimate of drug-likeness (QED) is 0.669. The van der Waals surface area contributed by atoms with E-state index in [0.29, 0.717) is 10.7 Å². The first-order valence-electron chi connectivity index (χ1n) is 10.1. The number of anilines is 2. The van der Waals surface area contributed by atoms with Crippen molar-refractivity contribution < 1.29 is 4.79 Å². The van der Waals surface area contributed by atoms with Crippen molar-refractivity contribution in [3.8, 4) is 0 Å². The lowest BCUT2D eigenvalue weighted by Gasteiger charge is -2.32. The maximum atomic E-state index is 12.8. The molecule has 1 amide bonds. The Morgan fingerprint density at radius 3 is 2.71 bits per heavy atom. The molecule has 3 rings (SSSR count). The number of hydrogen-bond acceptors (Lipinski definition) is 3. The molecule has 1 fully saturated rings. The van der Waals surface area contributed by atoms with Gasteiger partial charge in [-0.15, -0.1) is 0 Å². The molecule has 4 nitrogen and oxygen atoms in total. The summed E-state index contributed by atoms with van der Waals surface area (Å²) in [5.41, 5.74) is 8.78. The van der Waals surface area contributed by atoms with Crippen molar-refractivity contribution in [2.24, 2.45) is 5.92 Å². The number of nitrogen functional groups attached to an aromatic ring is 1. The number of halogens is 1.